The van der Waals surface area contributed by atoms with E-state index in [1.54, 1.807) is 42.5 Å². The highest BCUT2D eigenvalue weighted by Crippen LogP contribution is 2.26. The Balaban J connectivity index is 1.99. The van der Waals surface area contributed by atoms with Gasteiger partial charge in [0.15, 0.2) is 12.4 Å². The zero-order chi connectivity index (χ0) is 18.4. The number of carbonyl (C=O) groups is 3. The Labute approximate surface area is 153 Å². The number of hydrogen-bond acceptors (Lipinski definition) is 4. The number of amides is 2. The second-order valence-corrected chi connectivity index (χ2v) is 6.20. The van der Waals surface area contributed by atoms with Gasteiger partial charge in [-0.05, 0) is 49.4 Å². The Kier molecular flexibility index (Phi) is 6.30. The van der Waals surface area contributed by atoms with Gasteiger partial charge in [0.2, 0.25) is 5.91 Å². The molecule has 0 aliphatic carbocycles. The minimum Gasteiger partial charge on any atom is -0.484 e. The van der Waals surface area contributed by atoms with Gasteiger partial charge in [-0.1, -0.05) is 15.9 Å². The molecule has 2 aromatic rings. The third-order valence-electron chi connectivity index (χ3n) is 3.20. The molecule has 0 aromatic heterocycles. The molecule has 2 N–H and O–H groups in total. The van der Waals surface area contributed by atoms with Crippen LogP contribution in [0.3, 0.4) is 0 Å². The van der Waals surface area contributed by atoms with Crippen molar-refractivity contribution in [1.82, 2.24) is 0 Å². The smallest absolute Gasteiger partial charge is 0.262 e. The average molecular weight is 405 g/mol. The van der Waals surface area contributed by atoms with Crippen molar-refractivity contribution in [3.05, 3.63) is 52.5 Å². The monoisotopic (exact) mass is 404 g/mol. The van der Waals surface area contributed by atoms with E-state index in [0.29, 0.717) is 22.7 Å². The zero-order valence-corrected chi connectivity index (χ0v) is 15.3. The van der Waals surface area contributed by atoms with Crippen LogP contribution in [0.25, 0.3) is 0 Å². The van der Waals surface area contributed by atoms with Gasteiger partial charge < -0.3 is 15.4 Å². The maximum absolute atomic E-state index is 12.1. The average Bonchev–Trinajstić information content (AvgIpc) is 2.55. The first-order chi connectivity index (χ1) is 11.8. The number of halogens is 1. The molecular weight excluding hydrogens is 388 g/mol. The molecule has 0 fully saturated rings. The van der Waals surface area contributed by atoms with E-state index >= 15 is 0 Å². The first-order valence-electron chi connectivity index (χ1n) is 7.46. The number of Topliss-reactive ketones (excluding diaryl/α,β-unsaturated/α-hetero) is 1. The maximum Gasteiger partial charge on any atom is 0.262 e. The van der Waals surface area contributed by atoms with Gasteiger partial charge in [-0.25, -0.2) is 0 Å². The molecule has 2 rings (SSSR count). The summed E-state index contributed by atoms with van der Waals surface area (Å²) >= 11 is 3.32. The molecule has 0 aliphatic rings. The second-order valence-electron chi connectivity index (χ2n) is 5.29. The number of rotatable bonds is 6. The van der Waals surface area contributed by atoms with Gasteiger partial charge in [-0.3, -0.25) is 14.4 Å². The molecule has 130 valence electrons. The minimum atomic E-state index is -0.375. The Morgan fingerprint density at radius 2 is 1.64 bits per heavy atom. The van der Waals surface area contributed by atoms with E-state index in [9.17, 15) is 14.4 Å². The zero-order valence-electron chi connectivity index (χ0n) is 13.8. The first kappa shape index (κ1) is 18.7. The van der Waals surface area contributed by atoms with Crippen LogP contribution in [0.1, 0.15) is 24.2 Å². The van der Waals surface area contributed by atoms with Crippen LogP contribution >= 0.6 is 15.9 Å². The molecule has 0 bridgehead atoms. The largest absolute Gasteiger partial charge is 0.484 e. The van der Waals surface area contributed by atoms with Crippen LogP contribution < -0.4 is 15.4 Å². The fourth-order valence-corrected chi connectivity index (χ4v) is 2.40. The lowest BCUT2D eigenvalue weighted by Gasteiger charge is -2.12. The maximum atomic E-state index is 12.1. The number of ether oxygens (including phenoxy) is 1. The predicted octanol–water partition coefficient (Wildman–Crippen LogP) is 3.63. The molecule has 0 atom stereocenters. The fourth-order valence-electron chi connectivity index (χ4n) is 2.04. The number of nitrogens with one attached hydrogen (secondary N) is 2. The van der Waals surface area contributed by atoms with E-state index in [0.717, 1.165) is 4.47 Å². The van der Waals surface area contributed by atoms with Crippen LogP contribution in [-0.4, -0.2) is 24.2 Å². The van der Waals surface area contributed by atoms with Crippen LogP contribution in [0, 0.1) is 0 Å². The third kappa shape index (κ3) is 5.72. The molecule has 0 unspecified atom stereocenters. The number of ketones is 1. The molecular formula is C18H17BrN2O4. The first-order valence-corrected chi connectivity index (χ1v) is 8.25. The fraction of sp³-hybridized carbons (Fsp3) is 0.167. The summed E-state index contributed by atoms with van der Waals surface area (Å²) in [6.07, 6.45) is 0. The summed E-state index contributed by atoms with van der Waals surface area (Å²) < 4.78 is 6.17. The van der Waals surface area contributed by atoms with Gasteiger partial charge in [-0.2, -0.15) is 0 Å². The Morgan fingerprint density at radius 3 is 2.24 bits per heavy atom. The molecule has 0 saturated carbocycles. The van der Waals surface area contributed by atoms with E-state index in [1.165, 1.54) is 13.8 Å². The normalized spacial score (nSPS) is 10.0. The van der Waals surface area contributed by atoms with Crippen LogP contribution in [0.4, 0.5) is 11.4 Å². The summed E-state index contributed by atoms with van der Waals surface area (Å²) in [7, 11) is 0. The van der Waals surface area contributed by atoms with Crippen LogP contribution in [-0.2, 0) is 9.59 Å². The van der Waals surface area contributed by atoms with E-state index in [2.05, 4.69) is 26.6 Å². The van der Waals surface area contributed by atoms with Crippen molar-refractivity contribution in [2.45, 2.75) is 13.8 Å². The number of benzene rings is 2. The van der Waals surface area contributed by atoms with Crippen molar-refractivity contribution in [1.29, 1.82) is 0 Å². The van der Waals surface area contributed by atoms with Crippen LogP contribution in [0.2, 0.25) is 0 Å². The molecule has 2 amide bonds. The second kappa shape index (κ2) is 8.43. The standard InChI is InChI=1S/C18H17BrN2O4/c1-11(22)13-3-6-15(7-4-13)25-10-18(24)21-17-9-14(19)5-8-16(17)20-12(2)23/h3-9H,10H2,1-2H3,(H,20,23)(H,21,24). The Morgan fingerprint density at radius 1 is 0.960 bits per heavy atom. The van der Waals surface area contributed by atoms with Gasteiger partial charge in [0.25, 0.3) is 5.91 Å². The molecule has 0 saturated heterocycles. The topological polar surface area (TPSA) is 84.5 Å². The SMILES string of the molecule is CC(=O)Nc1ccc(Br)cc1NC(=O)COc1ccc(C(C)=O)cc1. The van der Waals surface area contributed by atoms with E-state index < -0.39 is 0 Å². The Hall–Kier alpha value is -2.67. The minimum absolute atomic E-state index is 0.0375. The summed E-state index contributed by atoms with van der Waals surface area (Å²) in [5, 5.41) is 5.34. The summed E-state index contributed by atoms with van der Waals surface area (Å²) in [5.41, 5.74) is 1.53. The van der Waals surface area contributed by atoms with Crippen molar-refractivity contribution in [2.24, 2.45) is 0 Å². The summed E-state index contributed by atoms with van der Waals surface area (Å²) in [4.78, 5) is 34.6. The van der Waals surface area contributed by atoms with Gasteiger partial charge in [-0.15, -0.1) is 0 Å². The van der Waals surface area contributed by atoms with Gasteiger partial charge in [0.05, 0.1) is 11.4 Å². The summed E-state index contributed by atoms with van der Waals surface area (Å²) in [6.45, 7) is 2.67. The van der Waals surface area contributed by atoms with Crippen molar-refractivity contribution < 1.29 is 19.1 Å². The van der Waals surface area contributed by atoms with Gasteiger partial charge in [0, 0.05) is 17.0 Å². The van der Waals surface area contributed by atoms with Crippen LogP contribution in [0.5, 0.6) is 5.75 Å². The van der Waals surface area contributed by atoms with E-state index in [1.807, 2.05) is 0 Å². The highest BCUT2D eigenvalue weighted by molar-refractivity contribution is 9.10. The quantitative estimate of drug-likeness (QED) is 0.719. The molecule has 0 aliphatic heterocycles. The molecule has 2 aromatic carbocycles. The van der Waals surface area contributed by atoms with Gasteiger partial charge in [0.1, 0.15) is 5.75 Å². The molecule has 7 heteroatoms. The van der Waals surface area contributed by atoms with Crippen LogP contribution in [0.15, 0.2) is 46.9 Å². The van der Waals surface area contributed by atoms with Crippen molar-refractivity contribution in [2.75, 3.05) is 17.2 Å². The third-order valence-corrected chi connectivity index (χ3v) is 3.69. The summed E-state index contributed by atoms with van der Waals surface area (Å²) in [5.74, 6) is -0.166. The van der Waals surface area contributed by atoms with Crippen molar-refractivity contribution in [3.63, 3.8) is 0 Å². The Bertz CT molecular complexity index is 803. The van der Waals surface area contributed by atoms with Gasteiger partial charge >= 0.3 is 0 Å². The molecule has 0 radical (unpaired) electrons. The predicted molar refractivity (Wildman–Crippen MR) is 99.0 cm³/mol. The molecule has 6 nitrogen and oxygen atoms in total. The highest BCUT2D eigenvalue weighted by Gasteiger charge is 2.10. The van der Waals surface area contributed by atoms with E-state index in [4.69, 9.17) is 4.74 Å². The lowest BCUT2D eigenvalue weighted by atomic mass is 10.1. The summed E-state index contributed by atoms with van der Waals surface area (Å²) in [6, 6.07) is 11.7. The van der Waals surface area contributed by atoms with E-state index in [-0.39, 0.29) is 24.2 Å². The lowest BCUT2D eigenvalue weighted by Crippen LogP contribution is -2.21. The number of anilines is 2. The molecule has 0 heterocycles. The lowest BCUT2D eigenvalue weighted by molar-refractivity contribution is -0.118. The van der Waals surface area contributed by atoms with Crippen molar-refractivity contribution >= 4 is 44.9 Å². The van der Waals surface area contributed by atoms with Crippen molar-refractivity contribution in [3.8, 4) is 5.75 Å². The molecule has 25 heavy (non-hydrogen) atoms. The number of carbonyl (C=O) groups excluding carboxylic acids is 3. The molecule has 0 spiro atoms. The highest BCUT2D eigenvalue weighted by atomic mass is 79.9. The number of hydrogen-bond donors (Lipinski definition) is 2.